The summed E-state index contributed by atoms with van der Waals surface area (Å²) < 4.78 is 0. The van der Waals surface area contributed by atoms with Crippen molar-refractivity contribution in [1.82, 2.24) is 5.32 Å². The Kier molecular flexibility index (Phi) is 2.90. The van der Waals surface area contributed by atoms with Crippen LogP contribution in [0.3, 0.4) is 0 Å². The lowest BCUT2D eigenvalue weighted by Crippen LogP contribution is -2.40. The molecule has 0 fully saturated rings. The standard InChI is InChI=1S/C16H18N2O/c1-10(2)15-9-17-14-8-12-6-4-3-5-11(12)7-13(14)16(19)18-15/h3-8,10,15,17H,9H2,1-2H3,(H,18,19). The monoisotopic (exact) mass is 254 g/mol. The number of anilines is 1. The molecule has 0 bridgehead atoms. The minimum atomic E-state index is 0.0180. The number of hydrogen-bond acceptors (Lipinski definition) is 2. The van der Waals surface area contributed by atoms with Crippen LogP contribution in [-0.4, -0.2) is 18.5 Å². The van der Waals surface area contributed by atoms with Crippen LogP contribution in [0.15, 0.2) is 36.4 Å². The van der Waals surface area contributed by atoms with Crippen molar-refractivity contribution >= 4 is 22.4 Å². The lowest BCUT2D eigenvalue weighted by molar-refractivity contribution is 0.0933. The first-order chi connectivity index (χ1) is 9.15. The number of benzene rings is 2. The molecule has 98 valence electrons. The summed E-state index contributed by atoms with van der Waals surface area (Å²) in [6.45, 7) is 5.02. The summed E-state index contributed by atoms with van der Waals surface area (Å²) in [4.78, 5) is 12.3. The van der Waals surface area contributed by atoms with E-state index in [0.717, 1.165) is 28.6 Å². The van der Waals surface area contributed by atoms with Crippen molar-refractivity contribution in [3.05, 3.63) is 42.0 Å². The van der Waals surface area contributed by atoms with Crippen LogP contribution in [0.4, 0.5) is 5.69 Å². The molecule has 0 saturated heterocycles. The normalized spacial score (nSPS) is 18.7. The Morgan fingerprint density at radius 3 is 2.53 bits per heavy atom. The van der Waals surface area contributed by atoms with Gasteiger partial charge in [-0.1, -0.05) is 38.1 Å². The van der Waals surface area contributed by atoms with E-state index in [0.29, 0.717) is 5.92 Å². The van der Waals surface area contributed by atoms with Gasteiger partial charge < -0.3 is 10.6 Å². The summed E-state index contributed by atoms with van der Waals surface area (Å²) in [6, 6.07) is 12.3. The first-order valence-electron chi connectivity index (χ1n) is 6.72. The van der Waals surface area contributed by atoms with Crippen LogP contribution in [0.1, 0.15) is 24.2 Å². The minimum Gasteiger partial charge on any atom is -0.382 e. The fourth-order valence-corrected chi connectivity index (χ4v) is 2.49. The molecule has 1 atom stereocenters. The molecule has 1 aliphatic rings. The predicted molar refractivity (Wildman–Crippen MR) is 78.5 cm³/mol. The van der Waals surface area contributed by atoms with E-state index in [4.69, 9.17) is 0 Å². The van der Waals surface area contributed by atoms with E-state index < -0.39 is 0 Å². The Labute approximate surface area is 113 Å². The molecule has 1 heterocycles. The summed E-state index contributed by atoms with van der Waals surface area (Å²) in [5.41, 5.74) is 1.67. The van der Waals surface area contributed by atoms with Gasteiger partial charge in [0.15, 0.2) is 0 Å². The summed E-state index contributed by atoms with van der Waals surface area (Å²) in [5, 5.41) is 8.75. The summed E-state index contributed by atoms with van der Waals surface area (Å²) in [6.07, 6.45) is 0. The van der Waals surface area contributed by atoms with E-state index in [1.807, 2.05) is 24.3 Å². The predicted octanol–water partition coefficient (Wildman–Crippen LogP) is 3.02. The molecule has 2 N–H and O–H groups in total. The zero-order valence-corrected chi connectivity index (χ0v) is 11.2. The number of nitrogens with one attached hydrogen (secondary N) is 2. The maximum atomic E-state index is 12.3. The van der Waals surface area contributed by atoms with E-state index in [2.05, 4.69) is 36.6 Å². The molecule has 0 aliphatic carbocycles. The van der Waals surface area contributed by atoms with Gasteiger partial charge in [-0.15, -0.1) is 0 Å². The average molecular weight is 254 g/mol. The smallest absolute Gasteiger partial charge is 0.253 e. The zero-order chi connectivity index (χ0) is 13.4. The third kappa shape index (κ3) is 2.16. The van der Waals surface area contributed by atoms with Crippen LogP contribution in [0, 0.1) is 5.92 Å². The Morgan fingerprint density at radius 2 is 1.84 bits per heavy atom. The third-order valence-corrected chi connectivity index (χ3v) is 3.76. The van der Waals surface area contributed by atoms with Gasteiger partial charge in [0.25, 0.3) is 5.91 Å². The van der Waals surface area contributed by atoms with Gasteiger partial charge in [0, 0.05) is 18.3 Å². The molecular weight excluding hydrogens is 236 g/mol. The van der Waals surface area contributed by atoms with Gasteiger partial charge in [-0.3, -0.25) is 4.79 Å². The maximum Gasteiger partial charge on any atom is 0.253 e. The fraction of sp³-hybridized carbons (Fsp3) is 0.312. The highest BCUT2D eigenvalue weighted by Gasteiger charge is 2.23. The molecule has 1 unspecified atom stereocenters. The average Bonchev–Trinajstić information content (AvgIpc) is 2.56. The zero-order valence-electron chi connectivity index (χ0n) is 11.2. The largest absolute Gasteiger partial charge is 0.382 e. The van der Waals surface area contributed by atoms with Crippen LogP contribution in [-0.2, 0) is 0 Å². The lowest BCUT2D eigenvalue weighted by atomic mass is 10.0. The SMILES string of the molecule is CC(C)C1CNc2cc3ccccc3cc2C(=O)N1. The van der Waals surface area contributed by atoms with Gasteiger partial charge in [0.2, 0.25) is 0 Å². The van der Waals surface area contributed by atoms with Gasteiger partial charge >= 0.3 is 0 Å². The highest BCUT2D eigenvalue weighted by molar-refractivity contribution is 6.05. The van der Waals surface area contributed by atoms with Crippen molar-refractivity contribution in [1.29, 1.82) is 0 Å². The molecular formula is C16H18N2O. The number of carbonyl (C=O) groups is 1. The van der Waals surface area contributed by atoms with Crippen LogP contribution >= 0.6 is 0 Å². The van der Waals surface area contributed by atoms with Gasteiger partial charge in [0.05, 0.1) is 5.56 Å². The Balaban J connectivity index is 2.07. The number of rotatable bonds is 1. The first-order valence-corrected chi connectivity index (χ1v) is 6.72. The molecule has 19 heavy (non-hydrogen) atoms. The second-order valence-corrected chi connectivity index (χ2v) is 5.45. The number of carbonyl (C=O) groups excluding carboxylic acids is 1. The molecule has 2 aromatic rings. The number of amides is 1. The van der Waals surface area contributed by atoms with E-state index in [-0.39, 0.29) is 11.9 Å². The van der Waals surface area contributed by atoms with Crippen molar-refractivity contribution in [2.45, 2.75) is 19.9 Å². The topological polar surface area (TPSA) is 41.1 Å². The molecule has 3 heteroatoms. The van der Waals surface area contributed by atoms with E-state index >= 15 is 0 Å². The van der Waals surface area contributed by atoms with Gasteiger partial charge in [-0.05, 0) is 28.8 Å². The van der Waals surface area contributed by atoms with Crippen molar-refractivity contribution < 1.29 is 4.79 Å². The minimum absolute atomic E-state index is 0.0180. The Hall–Kier alpha value is -2.03. The highest BCUT2D eigenvalue weighted by Crippen LogP contribution is 2.26. The quantitative estimate of drug-likeness (QED) is 0.821. The Bertz CT molecular complexity index is 634. The molecule has 0 aromatic heterocycles. The number of hydrogen-bond donors (Lipinski definition) is 2. The van der Waals surface area contributed by atoms with Gasteiger partial charge in [-0.2, -0.15) is 0 Å². The molecule has 0 spiro atoms. The van der Waals surface area contributed by atoms with Crippen molar-refractivity contribution in [2.75, 3.05) is 11.9 Å². The molecule has 0 saturated carbocycles. The van der Waals surface area contributed by atoms with E-state index in [1.165, 1.54) is 0 Å². The summed E-state index contributed by atoms with van der Waals surface area (Å²) >= 11 is 0. The van der Waals surface area contributed by atoms with E-state index in [1.54, 1.807) is 0 Å². The van der Waals surface area contributed by atoms with Crippen LogP contribution < -0.4 is 10.6 Å². The second-order valence-electron chi connectivity index (χ2n) is 5.45. The Morgan fingerprint density at radius 1 is 1.16 bits per heavy atom. The van der Waals surface area contributed by atoms with Crippen LogP contribution in [0.2, 0.25) is 0 Å². The molecule has 3 nitrogen and oxygen atoms in total. The van der Waals surface area contributed by atoms with E-state index in [9.17, 15) is 4.79 Å². The van der Waals surface area contributed by atoms with Gasteiger partial charge in [0.1, 0.15) is 0 Å². The third-order valence-electron chi connectivity index (χ3n) is 3.76. The summed E-state index contributed by atoms with van der Waals surface area (Å²) in [5.74, 6) is 0.435. The van der Waals surface area contributed by atoms with Gasteiger partial charge in [-0.25, -0.2) is 0 Å². The van der Waals surface area contributed by atoms with Crippen molar-refractivity contribution in [2.24, 2.45) is 5.92 Å². The second kappa shape index (κ2) is 4.57. The van der Waals surface area contributed by atoms with Crippen molar-refractivity contribution in [3.8, 4) is 0 Å². The number of fused-ring (bicyclic) bond motifs is 2. The molecule has 1 amide bonds. The molecule has 1 aliphatic heterocycles. The van der Waals surface area contributed by atoms with Crippen LogP contribution in [0.5, 0.6) is 0 Å². The molecule has 3 rings (SSSR count). The van der Waals surface area contributed by atoms with Crippen molar-refractivity contribution in [3.63, 3.8) is 0 Å². The lowest BCUT2D eigenvalue weighted by Gasteiger charge is -2.19. The maximum absolute atomic E-state index is 12.3. The molecule has 2 aromatic carbocycles. The first kappa shape index (κ1) is 12.0. The fourth-order valence-electron chi connectivity index (χ4n) is 2.49. The summed E-state index contributed by atoms with van der Waals surface area (Å²) in [7, 11) is 0. The highest BCUT2D eigenvalue weighted by atomic mass is 16.1. The van der Waals surface area contributed by atoms with Crippen LogP contribution in [0.25, 0.3) is 10.8 Å². The molecule has 0 radical (unpaired) electrons.